The van der Waals surface area contributed by atoms with Crippen LogP contribution in [0, 0.1) is 10.1 Å². The SMILES string of the molecule is O=c1[nH]c(C(F)(F)F)nc2c1CN(Cc1ccc([N+](=O)[O-])o1)CC2. The van der Waals surface area contributed by atoms with E-state index in [1.165, 1.54) is 12.1 Å². The molecule has 1 N–H and O–H groups in total. The number of alkyl halides is 3. The van der Waals surface area contributed by atoms with Gasteiger partial charge in [-0.3, -0.25) is 19.8 Å². The number of halogens is 3. The molecule has 1 aliphatic rings. The molecule has 11 heteroatoms. The first-order valence-electron chi connectivity index (χ1n) is 6.89. The molecule has 0 bridgehead atoms. The molecule has 0 saturated carbocycles. The van der Waals surface area contributed by atoms with Crippen LogP contribution in [0.3, 0.4) is 0 Å². The van der Waals surface area contributed by atoms with Crippen LogP contribution in [0.1, 0.15) is 22.8 Å². The Balaban J connectivity index is 1.79. The molecule has 128 valence electrons. The fraction of sp³-hybridized carbons (Fsp3) is 0.385. The third-order valence-corrected chi connectivity index (χ3v) is 3.62. The molecular weight excluding hydrogens is 333 g/mol. The van der Waals surface area contributed by atoms with Crippen LogP contribution in [-0.4, -0.2) is 26.3 Å². The molecule has 0 aliphatic carbocycles. The first-order valence-corrected chi connectivity index (χ1v) is 6.89. The van der Waals surface area contributed by atoms with Crippen molar-refractivity contribution in [3.8, 4) is 0 Å². The summed E-state index contributed by atoms with van der Waals surface area (Å²) in [6.45, 7) is 0.646. The Morgan fingerprint density at radius 1 is 1.42 bits per heavy atom. The van der Waals surface area contributed by atoms with E-state index in [1.807, 2.05) is 0 Å². The highest BCUT2D eigenvalue weighted by Crippen LogP contribution is 2.27. The maximum absolute atomic E-state index is 12.7. The fourth-order valence-electron chi connectivity index (χ4n) is 2.52. The molecule has 0 amide bonds. The Morgan fingerprint density at radius 3 is 2.79 bits per heavy atom. The van der Waals surface area contributed by atoms with Crippen molar-refractivity contribution in [3.63, 3.8) is 0 Å². The highest BCUT2D eigenvalue weighted by atomic mass is 19.4. The topological polar surface area (TPSA) is 105 Å². The summed E-state index contributed by atoms with van der Waals surface area (Å²) in [4.78, 5) is 28.8. The number of furan rings is 1. The van der Waals surface area contributed by atoms with Gasteiger partial charge in [-0.05, 0) is 6.07 Å². The van der Waals surface area contributed by atoms with Crippen molar-refractivity contribution in [2.75, 3.05) is 6.54 Å². The lowest BCUT2D eigenvalue weighted by Crippen LogP contribution is -2.36. The third-order valence-electron chi connectivity index (χ3n) is 3.62. The van der Waals surface area contributed by atoms with Gasteiger partial charge in [0.25, 0.3) is 5.56 Å². The molecule has 0 unspecified atom stereocenters. The lowest BCUT2D eigenvalue weighted by molar-refractivity contribution is -0.402. The minimum absolute atomic E-state index is 0.0876. The molecule has 0 atom stereocenters. The summed E-state index contributed by atoms with van der Waals surface area (Å²) in [5, 5.41) is 10.6. The maximum atomic E-state index is 12.7. The lowest BCUT2D eigenvalue weighted by Gasteiger charge is -2.26. The monoisotopic (exact) mass is 344 g/mol. The average molecular weight is 344 g/mol. The molecule has 2 aromatic rings. The largest absolute Gasteiger partial charge is 0.449 e. The summed E-state index contributed by atoms with van der Waals surface area (Å²) in [5.41, 5.74) is -0.550. The number of hydrogen-bond acceptors (Lipinski definition) is 6. The maximum Gasteiger partial charge on any atom is 0.449 e. The van der Waals surface area contributed by atoms with Gasteiger partial charge >= 0.3 is 12.1 Å². The Bertz CT molecular complexity index is 842. The zero-order valence-corrected chi connectivity index (χ0v) is 12.1. The van der Waals surface area contributed by atoms with E-state index in [2.05, 4.69) is 4.98 Å². The minimum atomic E-state index is -4.71. The average Bonchev–Trinajstić information content (AvgIpc) is 2.95. The molecule has 0 fully saturated rings. The minimum Gasteiger partial charge on any atom is -0.404 e. The van der Waals surface area contributed by atoms with Crippen LogP contribution in [0.5, 0.6) is 0 Å². The second-order valence-corrected chi connectivity index (χ2v) is 5.30. The number of nitro groups is 1. The van der Waals surface area contributed by atoms with E-state index in [4.69, 9.17) is 4.42 Å². The van der Waals surface area contributed by atoms with Crippen LogP contribution in [-0.2, 0) is 25.7 Å². The van der Waals surface area contributed by atoms with Gasteiger partial charge in [-0.1, -0.05) is 0 Å². The number of rotatable bonds is 3. The van der Waals surface area contributed by atoms with E-state index in [0.29, 0.717) is 12.3 Å². The van der Waals surface area contributed by atoms with Gasteiger partial charge in [0.2, 0.25) is 5.82 Å². The van der Waals surface area contributed by atoms with Crippen LogP contribution in [0.15, 0.2) is 21.3 Å². The summed E-state index contributed by atoms with van der Waals surface area (Å²) in [7, 11) is 0. The Morgan fingerprint density at radius 2 is 2.17 bits per heavy atom. The van der Waals surface area contributed by atoms with E-state index >= 15 is 0 Å². The summed E-state index contributed by atoms with van der Waals surface area (Å²) in [6.07, 6.45) is -4.54. The Hall–Kier alpha value is -2.69. The van der Waals surface area contributed by atoms with E-state index in [9.17, 15) is 28.1 Å². The van der Waals surface area contributed by atoms with Crippen LogP contribution >= 0.6 is 0 Å². The van der Waals surface area contributed by atoms with E-state index in [-0.39, 0.29) is 30.8 Å². The highest BCUT2D eigenvalue weighted by molar-refractivity contribution is 5.22. The summed E-state index contributed by atoms with van der Waals surface area (Å²) in [6, 6.07) is 2.67. The molecule has 0 aromatic carbocycles. The van der Waals surface area contributed by atoms with Gasteiger partial charge in [-0.25, -0.2) is 4.98 Å². The molecule has 3 heterocycles. The van der Waals surface area contributed by atoms with E-state index < -0.39 is 28.4 Å². The molecule has 0 radical (unpaired) electrons. The lowest BCUT2D eigenvalue weighted by atomic mass is 10.1. The van der Waals surface area contributed by atoms with Gasteiger partial charge in [0.1, 0.15) is 10.7 Å². The fourth-order valence-corrected chi connectivity index (χ4v) is 2.52. The molecule has 3 rings (SSSR count). The first kappa shape index (κ1) is 16.2. The standard InChI is InChI=1S/C13H11F3N4O4/c14-13(15,16)12-17-9-3-4-19(6-8(9)11(21)18-12)5-7-1-2-10(24-7)20(22)23/h1-2H,3-6H2,(H,17,18,21). The molecule has 1 aliphatic heterocycles. The second kappa shape index (κ2) is 5.74. The van der Waals surface area contributed by atoms with E-state index in [0.717, 1.165) is 0 Å². The molecular formula is C13H11F3N4O4. The Labute approximate surface area is 132 Å². The molecule has 0 saturated heterocycles. The predicted molar refractivity (Wildman–Crippen MR) is 73.0 cm³/mol. The van der Waals surface area contributed by atoms with Crippen LogP contribution in [0.4, 0.5) is 19.1 Å². The number of aromatic amines is 1. The van der Waals surface area contributed by atoms with Crippen LogP contribution in [0.2, 0.25) is 0 Å². The van der Waals surface area contributed by atoms with Gasteiger partial charge in [0.15, 0.2) is 0 Å². The quantitative estimate of drug-likeness (QED) is 0.673. The summed E-state index contributed by atoms with van der Waals surface area (Å²) in [5.74, 6) is -1.36. The van der Waals surface area contributed by atoms with Crippen molar-refractivity contribution in [2.24, 2.45) is 0 Å². The van der Waals surface area contributed by atoms with Gasteiger partial charge in [0.05, 0.1) is 23.9 Å². The number of nitrogens with zero attached hydrogens (tertiary/aromatic N) is 3. The second-order valence-electron chi connectivity index (χ2n) is 5.30. The van der Waals surface area contributed by atoms with Crippen molar-refractivity contribution in [1.82, 2.24) is 14.9 Å². The van der Waals surface area contributed by atoms with Crippen molar-refractivity contribution < 1.29 is 22.5 Å². The van der Waals surface area contributed by atoms with Crippen molar-refractivity contribution in [3.05, 3.63) is 55.4 Å². The third kappa shape index (κ3) is 3.15. The van der Waals surface area contributed by atoms with Gasteiger partial charge < -0.3 is 9.40 Å². The number of aromatic nitrogens is 2. The Kier molecular flexibility index (Phi) is 3.87. The molecule has 0 spiro atoms. The van der Waals surface area contributed by atoms with Crippen LogP contribution in [0.25, 0.3) is 0 Å². The summed E-state index contributed by atoms with van der Waals surface area (Å²) >= 11 is 0. The first-order chi connectivity index (χ1) is 11.2. The zero-order chi connectivity index (χ0) is 17.5. The van der Waals surface area contributed by atoms with Gasteiger partial charge in [-0.2, -0.15) is 13.2 Å². The molecule has 24 heavy (non-hydrogen) atoms. The molecule has 8 nitrogen and oxygen atoms in total. The van der Waals surface area contributed by atoms with Gasteiger partial charge in [0, 0.05) is 19.5 Å². The van der Waals surface area contributed by atoms with Crippen molar-refractivity contribution >= 4 is 5.88 Å². The molecule has 2 aromatic heterocycles. The predicted octanol–water partition coefficient (Wildman–Crippen LogP) is 1.85. The number of hydrogen-bond donors (Lipinski definition) is 1. The van der Waals surface area contributed by atoms with Gasteiger partial charge in [-0.15, -0.1) is 0 Å². The van der Waals surface area contributed by atoms with Crippen molar-refractivity contribution in [2.45, 2.75) is 25.7 Å². The summed E-state index contributed by atoms with van der Waals surface area (Å²) < 4.78 is 43.0. The smallest absolute Gasteiger partial charge is 0.404 e. The normalized spacial score (nSPS) is 15.3. The number of nitrogens with one attached hydrogen (secondary N) is 1. The van der Waals surface area contributed by atoms with Crippen LogP contribution < -0.4 is 5.56 Å². The highest BCUT2D eigenvalue weighted by Gasteiger charge is 2.36. The number of H-pyrrole nitrogens is 1. The zero-order valence-electron chi connectivity index (χ0n) is 12.1. The van der Waals surface area contributed by atoms with E-state index in [1.54, 1.807) is 9.88 Å². The van der Waals surface area contributed by atoms with Crippen molar-refractivity contribution in [1.29, 1.82) is 0 Å². The number of fused-ring (bicyclic) bond motifs is 1.